The first-order chi connectivity index (χ1) is 13.0. The van der Waals surface area contributed by atoms with Gasteiger partial charge in [-0.25, -0.2) is 0 Å². The predicted octanol–water partition coefficient (Wildman–Crippen LogP) is 4.33. The van der Waals surface area contributed by atoms with Crippen molar-refractivity contribution in [2.75, 3.05) is 5.32 Å². The minimum atomic E-state index is -0.487. The van der Waals surface area contributed by atoms with E-state index >= 15 is 0 Å². The summed E-state index contributed by atoms with van der Waals surface area (Å²) in [6.45, 7) is 6.12. The third-order valence-electron chi connectivity index (χ3n) is 5.16. The molecule has 3 heterocycles. The Labute approximate surface area is 161 Å². The van der Waals surface area contributed by atoms with Crippen LogP contribution in [-0.2, 0) is 10.2 Å². The third kappa shape index (κ3) is 3.18. The van der Waals surface area contributed by atoms with E-state index in [1.54, 1.807) is 11.3 Å². The lowest BCUT2D eigenvalue weighted by molar-refractivity contribution is -0.121. The molecule has 142 valence electrons. The van der Waals surface area contributed by atoms with Crippen molar-refractivity contribution in [1.82, 2.24) is 20.0 Å². The minimum absolute atomic E-state index is 0.0680. The summed E-state index contributed by atoms with van der Waals surface area (Å²) in [7, 11) is 0. The molecule has 0 saturated heterocycles. The molecule has 1 fully saturated rings. The molecule has 1 aliphatic carbocycles. The summed E-state index contributed by atoms with van der Waals surface area (Å²) in [5.41, 5.74) is 1.15. The highest BCUT2D eigenvalue weighted by molar-refractivity contribution is 7.10. The lowest BCUT2D eigenvalue weighted by atomic mass is 9.83. The van der Waals surface area contributed by atoms with Crippen LogP contribution in [0.25, 0.3) is 11.6 Å². The Morgan fingerprint density at radius 1 is 1.33 bits per heavy atom. The first kappa shape index (κ1) is 17.9. The van der Waals surface area contributed by atoms with Crippen LogP contribution in [0.15, 0.2) is 28.0 Å². The van der Waals surface area contributed by atoms with Gasteiger partial charge in [0.1, 0.15) is 5.69 Å². The summed E-state index contributed by atoms with van der Waals surface area (Å²) in [6, 6.07) is 6.30. The second kappa shape index (κ2) is 6.92. The van der Waals surface area contributed by atoms with Gasteiger partial charge in [-0.15, -0.1) is 16.4 Å². The molecule has 0 aliphatic heterocycles. The van der Waals surface area contributed by atoms with Crippen LogP contribution in [0.2, 0.25) is 0 Å². The average Bonchev–Trinajstić information content (AvgIpc) is 3.41. The van der Waals surface area contributed by atoms with Crippen LogP contribution >= 0.6 is 11.3 Å². The highest BCUT2D eigenvalue weighted by Gasteiger charge is 2.44. The highest BCUT2D eigenvalue weighted by atomic mass is 32.1. The van der Waals surface area contributed by atoms with E-state index < -0.39 is 5.41 Å². The molecule has 1 saturated carbocycles. The Kier molecular flexibility index (Phi) is 4.59. The van der Waals surface area contributed by atoms with E-state index in [-0.39, 0.29) is 18.0 Å². The fourth-order valence-corrected chi connectivity index (χ4v) is 4.81. The standard InChI is InChI=1S/C19H23N5O2S/c1-12(2)24-13(3)11-14(23-24)16-21-22-18(26-16)20-17(25)19(8-4-5-9-19)15-7-6-10-27-15/h6-7,10-12H,4-5,8-9H2,1-3H3,(H,20,22,25). The Balaban J connectivity index is 1.56. The number of aryl methyl sites for hydroxylation is 1. The summed E-state index contributed by atoms with van der Waals surface area (Å²) < 4.78 is 7.59. The van der Waals surface area contributed by atoms with Gasteiger partial charge in [-0.2, -0.15) is 5.10 Å². The van der Waals surface area contributed by atoms with Crippen molar-refractivity contribution in [3.63, 3.8) is 0 Å². The van der Waals surface area contributed by atoms with Gasteiger partial charge >= 0.3 is 6.01 Å². The van der Waals surface area contributed by atoms with E-state index in [4.69, 9.17) is 4.42 Å². The summed E-state index contributed by atoms with van der Waals surface area (Å²) in [4.78, 5) is 14.2. The Morgan fingerprint density at radius 2 is 2.11 bits per heavy atom. The van der Waals surface area contributed by atoms with Gasteiger partial charge < -0.3 is 4.42 Å². The molecule has 3 aromatic rings. The number of amides is 1. The number of anilines is 1. The van der Waals surface area contributed by atoms with Gasteiger partial charge in [0.05, 0.1) is 5.41 Å². The van der Waals surface area contributed by atoms with Gasteiger partial charge in [0, 0.05) is 16.6 Å². The van der Waals surface area contributed by atoms with Gasteiger partial charge in [0.25, 0.3) is 5.89 Å². The Morgan fingerprint density at radius 3 is 2.74 bits per heavy atom. The summed E-state index contributed by atoms with van der Waals surface area (Å²) in [6.07, 6.45) is 3.79. The van der Waals surface area contributed by atoms with Crippen LogP contribution in [0, 0.1) is 6.92 Å². The normalized spacial score (nSPS) is 16.1. The number of hydrogen-bond donors (Lipinski definition) is 1. The molecule has 3 aromatic heterocycles. The molecule has 0 radical (unpaired) electrons. The number of rotatable bonds is 5. The number of thiophene rings is 1. The largest absolute Gasteiger partial charge is 0.401 e. The van der Waals surface area contributed by atoms with E-state index in [0.29, 0.717) is 11.6 Å². The van der Waals surface area contributed by atoms with Crippen molar-refractivity contribution in [2.45, 2.75) is 57.9 Å². The molecule has 1 N–H and O–H groups in total. The number of aromatic nitrogens is 4. The van der Waals surface area contributed by atoms with Crippen LogP contribution in [0.3, 0.4) is 0 Å². The second-order valence-electron chi connectivity index (χ2n) is 7.34. The van der Waals surface area contributed by atoms with Crippen molar-refractivity contribution < 1.29 is 9.21 Å². The van der Waals surface area contributed by atoms with Crippen molar-refractivity contribution >= 4 is 23.3 Å². The molecule has 0 bridgehead atoms. The van der Waals surface area contributed by atoms with Gasteiger partial charge in [0.15, 0.2) is 0 Å². The quantitative estimate of drug-likeness (QED) is 0.706. The second-order valence-corrected chi connectivity index (χ2v) is 8.29. The predicted molar refractivity (Wildman–Crippen MR) is 104 cm³/mol. The molecule has 1 amide bonds. The summed E-state index contributed by atoms with van der Waals surface area (Å²) >= 11 is 1.63. The third-order valence-corrected chi connectivity index (χ3v) is 6.23. The van der Waals surface area contributed by atoms with E-state index in [2.05, 4.69) is 34.5 Å². The number of nitrogens with zero attached hydrogens (tertiary/aromatic N) is 4. The highest BCUT2D eigenvalue weighted by Crippen LogP contribution is 2.44. The minimum Gasteiger partial charge on any atom is -0.401 e. The SMILES string of the molecule is Cc1cc(-c2nnc(NC(=O)C3(c4cccs4)CCCC3)o2)nn1C(C)C. The molecule has 0 unspecified atom stereocenters. The van der Waals surface area contributed by atoms with Crippen LogP contribution in [-0.4, -0.2) is 25.9 Å². The van der Waals surface area contributed by atoms with Gasteiger partial charge in [-0.3, -0.25) is 14.8 Å². The Bertz CT molecular complexity index is 935. The van der Waals surface area contributed by atoms with E-state index in [0.717, 1.165) is 36.3 Å². The van der Waals surface area contributed by atoms with E-state index in [9.17, 15) is 4.79 Å². The number of carbonyl (C=O) groups excluding carboxylic acids is 1. The maximum atomic E-state index is 13.1. The van der Waals surface area contributed by atoms with Crippen LogP contribution in [0.1, 0.15) is 56.1 Å². The topological polar surface area (TPSA) is 85.8 Å². The first-order valence-electron chi connectivity index (χ1n) is 9.25. The molecular weight excluding hydrogens is 362 g/mol. The van der Waals surface area contributed by atoms with E-state index in [1.807, 2.05) is 35.2 Å². The molecule has 7 nitrogen and oxygen atoms in total. The summed E-state index contributed by atoms with van der Waals surface area (Å²) in [5, 5.41) is 17.4. The van der Waals surface area contributed by atoms with Crippen molar-refractivity contribution in [2.24, 2.45) is 0 Å². The van der Waals surface area contributed by atoms with Crippen molar-refractivity contribution in [1.29, 1.82) is 0 Å². The van der Waals surface area contributed by atoms with Crippen molar-refractivity contribution in [3.05, 3.63) is 34.2 Å². The first-order valence-corrected chi connectivity index (χ1v) is 10.1. The monoisotopic (exact) mass is 385 g/mol. The molecule has 0 spiro atoms. The Hall–Kier alpha value is -2.48. The average molecular weight is 385 g/mol. The fourth-order valence-electron chi connectivity index (χ4n) is 3.82. The molecule has 0 atom stereocenters. The number of hydrogen-bond acceptors (Lipinski definition) is 6. The summed E-state index contributed by atoms with van der Waals surface area (Å²) in [5.74, 6) is 0.242. The number of nitrogens with one attached hydrogen (secondary N) is 1. The van der Waals surface area contributed by atoms with Gasteiger partial charge in [-0.1, -0.05) is 24.0 Å². The van der Waals surface area contributed by atoms with Crippen molar-refractivity contribution in [3.8, 4) is 11.6 Å². The molecular formula is C19H23N5O2S. The van der Waals surface area contributed by atoms with Crippen LogP contribution in [0.4, 0.5) is 6.01 Å². The zero-order valence-corrected chi connectivity index (χ0v) is 16.5. The molecule has 27 heavy (non-hydrogen) atoms. The maximum absolute atomic E-state index is 13.1. The van der Waals surface area contributed by atoms with E-state index in [1.165, 1.54) is 0 Å². The number of carbonyl (C=O) groups is 1. The zero-order chi connectivity index (χ0) is 19.0. The maximum Gasteiger partial charge on any atom is 0.322 e. The van der Waals surface area contributed by atoms with Gasteiger partial charge in [-0.05, 0) is 51.1 Å². The van der Waals surface area contributed by atoms with Crippen LogP contribution < -0.4 is 5.32 Å². The van der Waals surface area contributed by atoms with Gasteiger partial charge in [0.2, 0.25) is 5.91 Å². The van der Waals surface area contributed by atoms with Crippen LogP contribution in [0.5, 0.6) is 0 Å². The smallest absolute Gasteiger partial charge is 0.322 e. The lowest BCUT2D eigenvalue weighted by Gasteiger charge is -2.25. The molecule has 4 rings (SSSR count). The molecule has 0 aromatic carbocycles. The fraction of sp³-hybridized carbons (Fsp3) is 0.474. The molecule has 1 aliphatic rings. The zero-order valence-electron chi connectivity index (χ0n) is 15.7. The lowest BCUT2D eigenvalue weighted by Crippen LogP contribution is -2.37. The molecule has 8 heteroatoms.